The van der Waals surface area contributed by atoms with Crippen LogP contribution in [-0.4, -0.2) is 29.8 Å². The van der Waals surface area contributed by atoms with Gasteiger partial charge >= 0.3 is 0 Å². The lowest BCUT2D eigenvalue weighted by atomic mass is 9.82. The number of nitrogens with one attached hydrogen (secondary N) is 1. The fraction of sp³-hybridized carbons (Fsp3) is 0.786. The summed E-state index contributed by atoms with van der Waals surface area (Å²) in [6.45, 7) is 3.34. The van der Waals surface area contributed by atoms with Crippen LogP contribution in [0, 0.1) is 5.92 Å². The minimum absolute atomic E-state index is 0.511. The van der Waals surface area contributed by atoms with Gasteiger partial charge in [0.2, 0.25) is 0 Å². The topological polar surface area (TPSA) is 34.2 Å². The molecule has 2 saturated heterocycles. The zero-order valence-corrected chi connectivity index (χ0v) is 11.8. The summed E-state index contributed by atoms with van der Waals surface area (Å²) in [7, 11) is 0. The molecule has 2 aliphatic rings. The minimum Gasteiger partial charge on any atom is -0.375 e. The van der Waals surface area contributed by atoms with E-state index in [0.717, 1.165) is 13.0 Å². The summed E-state index contributed by atoms with van der Waals surface area (Å²) in [6.07, 6.45) is 9.18. The fourth-order valence-corrected chi connectivity index (χ4v) is 4.02. The first-order valence-electron chi connectivity index (χ1n) is 7.13. The second-order valence-electron chi connectivity index (χ2n) is 5.51. The highest BCUT2D eigenvalue weighted by atomic mass is 32.1. The van der Waals surface area contributed by atoms with Crippen LogP contribution in [0.5, 0.6) is 0 Å². The first-order chi connectivity index (χ1) is 8.86. The first-order valence-corrected chi connectivity index (χ1v) is 8.01. The SMILES string of the molecule is CCCNC(Cc1cncs1)C1CC2CCC1O2. The number of nitrogens with zero attached hydrogens (tertiary/aromatic N) is 1. The molecule has 100 valence electrons. The lowest BCUT2D eigenvalue weighted by molar-refractivity contribution is 0.0858. The molecule has 0 aromatic carbocycles. The molecule has 2 bridgehead atoms. The van der Waals surface area contributed by atoms with E-state index in [1.807, 2.05) is 11.7 Å². The molecule has 0 saturated carbocycles. The monoisotopic (exact) mass is 266 g/mol. The highest BCUT2D eigenvalue weighted by molar-refractivity contribution is 7.09. The highest BCUT2D eigenvalue weighted by Crippen LogP contribution is 2.41. The largest absolute Gasteiger partial charge is 0.375 e. The third kappa shape index (κ3) is 2.60. The third-order valence-corrected chi connectivity index (χ3v) is 5.03. The molecule has 1 N–H and O–H groups in total. The maximum absolute atomic E-state index is 6.01. The van der Waals surface area contributed by atoms with Crippen molar-refractivity contribution in [3.8, 4) is 0 Å². The fourth-order valence-electron chi connectivity index (χ4n) is 3.36. The predicted molar refractivity (Wildman–Crippen MR) is 73.9 cm³/mol. The zero-order valence-electron chi connectivity index (χ0n) is 11.0. The summed E-state index contributed by atoms with van der Waals surface area (Å²) < 4.78 is 6.01. The summed E-state index contributed by atoms with van der Waals surface area (Å²) in [5, 5.41) is 3.73. The van der Waals surface area contributed by atoms with Gasteiger partial charge in [-0.25, -0.2) is 0 Å². The van der Waals surface area contributed by atoms with Gasteiger partial charge in [0, 0.05) is 23.0 Å². The predicted octanol–water partition coefficient (Wildman–Crippen LogP) is 2.62. The van der Waals surface area contributed by atoms with Gasteiger partial charge < -0.3 is 10.1 Å². The van der Waals surface area contributed by atoms with Crippen molar-refractivity contribution in [1.29, 1.82) is 0 Å². The van der Waals surface area contributed by atoms with Crippen molar-refractivity contribution >= 4 is 11.3 Å². The Kier molecular flexibility index (Phi) is 3.97. The van der Waals surface area contributed by atoms with E-state index in [1.54, 1.807) is 11.3 Å². The van der Waals surface area contributed by atoms with Crippen LogP contribution in [0.25, 0.3) is 0 Å². The molecular weight excluding hydrogens is 244 g/mol. The molecule has 3 nitrogen and oxygen atoms in total. The summed E-state index contributed by atoms with van der Waals surface area (Å²) in [6, 6.07) is 0.570. The zero-order chi connectivity index (χ0) is 12.4. The lowest BCUT2D eigenvalue weighted by Gasteiger charge is -2.29. The van der Waals surface area contributed by atoms with E-state index in [0.29, 0.717) is 24.2 Å². The minimum atomic E-state index is 0.511. The van der Waals surface area contributed by atoms with Crippen molar-refractivity contribution in [1.82, 2.24) is 10.3 Å². The Balaban J connectivity index is 1.65. The normalized spacial score (nSPS) is 31.9. The molecule has 0 amide bonds. The number of hydrogen-bond acceptors (Lipinski definition) is 4. The van der Waals surface area contributed by atoms with Crippen molar-refractivity contribution in [2.24, 2.45) is 5.92 Å². The maximum atomic E-state index is 6.01. The summed E-state index contributed by atoms with van der Waals surface area (Å²) in [4.78, 5) is 5.58. The molecule has 1 aromatic rings. The Morgan fingerprint density at radius 3 is 3.11 bits per heavy atom. The van der Waals surface area contributed by atoms with Crippen molar-refractivity contribution in [2.75, 3.05) is 6.54 Å². The van der Waals surface area contributed by atoms with Gasteiger partial charge in [-0.05, 0) is 38.6 Å². The van der Waals surface area contributed by atoms with E-state index in [-0.39, 0.29) is 0 Å². The van der Waals surface area contributed by atoms with Crippen LogP contribution in [-0.2, 0) is 11.2 Å². The van der Waals surface area contributed by atoms with Gasteiger partial charge in [-0.2, -0.15) is 0 Å². The summed E-state index contributed by atoms with van der Waals surface area (Å²) >= 11 is 1.77. The first kappa shape index (κ1) is 12.6. The number of rotatable bonds is 6. The van der Waals surface area contributed by atoms with Gasteiger partial charge in [-0.3, -0.25) is 4.98 Å². The molecular formula is C14H22N2OS. The molecule has 2 aliphatic heterocycles. The van der Waals surface area contributed by atoms with E-state index in [4.69, 9.17) is 4.74 Å². The second kappa shape index (κ2) is 5.68. The van der Waals surface area contributed by atoms with Crippen LogP contribution in [0.3, 0.4) is 0 Å². The molecule has 4 atom stereocenters. The van der Waals surface area contributed by atoms with Gasteiger partial charge in [0.15, 0.2) is 0 Å². The number of aromatic nitrogens is 1. The Morgan fingerprint density at radius 2 is 2.50 bits per heavy atom. The molecule has 0 aliphatic carbocycles. The molecule has 4 heteroatoms. The van der Waals surface area contributed by atoms with Crippen LogP contribution >= 0.6 is 11.3 Å². The van der Waals surface area contributed by atoms with Gasteiger partial charge in [-0.15, -0.1) is 11.3 Å². The van der Waals surface area contributed by atoms with Gasteiger partial charge in [0.1, 0.15) is 0 Å². The Morgan fingerprint density at radius 1 is 1.56 bits per heavy atom. The molecule has 3 rings (SSSR count). The van der Waals surface area contributed by atoms with Gasteiger partial charge in [0.25, 0.3) is 0 Å². The van der Waals surface area contributed by atoms with Crippen molar-refractivity contribution in [2.45, 2.75) is 57.3 Å². The molecule has 18 heavy (non-hydrogen) atoms. The average Bonchev–Trinajstić information content (AvgIpc) is 3.10. The number of fused-ring (bicyclic) bond motifs is 2. The lowest BCUT2D eigenvalue weighted by Crippen LogP contribution is -2.42. The molecule has 0 spiro atoms. The second-order valence-corrected chi connectivity index (χ2v) is 6.48. The van der Waals surface area contributed by atoms with E-state index in [1.165, 1.54) is 30.6 Å². The Labute approximate surface area is 113 Å². The third-order valence-electron chi connectivity index (χ3n) is 4.23. The standard InChI is InChI=1S/C14H22N2OS/c1-2-5-16-13(7-11-8-15-9-18-11)12-6-10-3-4-14(12)17-10/h8-10,12-14,16H,2-7H2,1H3. The number of ether oxygens (including phenoxy) is 1. The van der Waals surface area contributed by atoms with E-state index < -0.39 is 0 Å². The summed E-state index contributed by atoms with van der Waals surface area (Å²) in [5.74, 6) is 0.706. The van der Waals surface area contributed by atoms with Crippen LogP contribution in [0.1, 0.15) is 37.5 Å². The van der Waals surface area contributed by atoms with Crippen molar-refractivity contribution in [3.05, 3.63) is 16.6 Å². The quantitative estimate of drug-likeness (QED) is 0.859. The number of thiazole rings is 1. The Hall–Kier alpha value is -0.450. The molecule has 4 unspecified atom stereocenters. The maximum Gasteiger partial charge on any atom is 0.0794 e. The summed E-state index contributed by atoms with van der Waals surface area (Å²) in [5.41, 5.74) is 1.93. The van der Waals surface area contributed by atoms with E-state index in [2.05, 4.69) is 17.2 Å². The molecule has 2 fully saturated rings. The smallest absolute Gasteiger partial charge is 0.0794 e. The van der Waals surface area contributed by atoms with Gasteiger partial charge in [-0.1, -0.05) is 6.92 Å². The molecule has 3 heterocycles. The van der Waals surface area contributed by atoms with Crippen LogP contribution in [0.4, 0.5) is 0 Å². The van der Waals surface area contributed by atoms with Gasteiger partial charge in [0.05, 0.1) is 17.7 Å². The highest BCUT2D eigenvalue weighted by Gasteiger charge is 2.44. The Bertz CT molecular complexity index is 368. The van der Waals surface area contributed by atoms with Crippen molar-refractivity contribution < 1.29 is 4.74 Å². The van der Waals surface area contributed by atoms with Crippen molar-refractivity contribution in [3.63, 3.8) is 0 Å². The van der Waals surface area contributed by atoms with Crippen LogP contribution in [0.2, 0.25) is 0 Å². The van der Waals surface area contributed by atoms with E-state index >= 15 is 0 Å². The van der Waals surface area contributed by atoms with E-state index in [9.17, 15) is 0 Å². The molecule has 1 aromatic heterocycles. The van der Waals surface area contributed by atoms with Crippen LogP contribution < -0.4 is 5.32 Å². The average molecular weight is 266 g/mol. The molecule has 0 radical (unpaired) electrons. The van der Waals surface area contributed by atoms with Crippen LogP contribution in [0.15, 0.2) is 11.7 Å². The number of hydrogen-bond donors (Lipinski definition) is 1.